The number of halogens is 2. The molecular formula is C12H13ClFNO3. The van der Waals surface area contributed by atoms with Crippen LogP contribution in [0.3, 0.4) is 0 Å². The SMILES string of the molecule is COC=O.O=C1C[C@H](c2ccc(Cl)cc2F)CN1. The molecule has 0 saturated carbocycles. The zero-order valence-corrected chi connectivity index (χ0v) is 10.5. The average molecular weight is 274 g/mol. The summed E-state index contributed by atoms with van der Waals surface area (Å²) in [6.45, 7) is 0.886. The van der Waals surface area contributed by atoms with Crippen molar-refractivity contribution in [3.05, 3.63) is 34.6 Å². The molecule has 1 aromatic rings. The van der Waals surface area contributed by atoms with Crippen LogP contribution in [0.4, 0.5) is 4.39 Å². The average Bonchev–Trinajstić information content (AvgIpc) is 2.76. The van der Waals surface area contributed by atoms with Crippen molar-refractivity contribution in [3.8, 4) is 0 Å². The van der Waals surface area contributed by atoms with Crippen LogP contribution in [0.2, 0.25) is 5.02 Å². The largest absolute Gasteiger partial charge is 0.471 e. The molecule has 0 bridgehead atoms. The molecule has 0 aromatic heterocycles. The van der Waals surface area contributed by atoms with Crippen molar-refractivity contribution in [2.24, 2.45) is 0 Å². The molecule has 6 heteroatoms. The zero-order valence-electron chi connectivity index (χ0n) is 9.78. The number of carbonyl (C=O) groups excluding carboxylic acids is 2. The van der Waals surface area contributed by atoms with Gasteiger partial charge in [0.05, 0.1) is 7.11 Å². The second-order valence-electron chi connectivity index (χ2n) is 3.70. The Balaban J connectivity index is 0.000000357. The first-order valence-electron chi connectivity index (χ1n) is 5.26. The quantitative estimate of drug-likeness (QED) is 0.837. The molecule has 1 atom stereocenters. The maximum absolute atomic E-state index is 13.4. The lowest BCUT2D eigenvalue weighted by atomic mass is 9.98. The number of ether oxygens (including phenoxy) is 1. The van der Waals surface area contributed by atoms with Crippen LogP contribution in [0.1, 0.15) is 17.9 Å². The van der Waals surface area contributed by atoms with Crippen molar-refractivity contribution in [2.45, 2.75) is 12.3 Å². The predicted molar refractivity (Wildman–Crippen MR) is 64.9 cm³/mol. The minimum absolute atomic E-state index is 0.0237. The van der Waals surface area contributed by atoms with E-state index < -0.39 is 0 Å². The topological polar surface area (TPSA) is 55.4 Å². The van der Waals surface area contributed by atoms with Crippen molar-refractivity contribution in [2.75, 3.05) is 13.7 Å². The molecule has 1 heterocycles. The number of benzene rings is 1. The first-order chi connectivity index (χ1) is 8.58. The van der Waals surface area contributed by atoms with Crippen LogP contribution in [-0.4, -0.2) is 26.0 Å². The van der Waals surface area contributed by atoms with Gasteiger partial charge in [-0.1, -0.05) is 17.7 Å². The van der Waals surface area contributed by atoms with Crippen molar-refractivity contribution >= 4 is 24.0 Å². The molecule has 0 spiro atoms. The second kappa shape index (κ2) is 6.96. The maximum atomic E-state index is 13.4. The van der Waals surface area contributed by atoms with Gasteiger partial charge in [0.2, 0.25) is 5.91 Å². The summed E-state index contributed by atoms with van der Waals surface area (Å²) < 4.78 is 17.3. The number of nitrogens with one attached hydrogen (secondary N) is 1. The predicted octanol–water partition coefficient (Wildman–Crippen LogP) is 1.87. The first kappa shape index (κ1) is 14.4. The van der Waals surface area contributed by atoms with E-state index in [2.05, 4.69) is 10.1 Å². The Morgan fingerprint density at radius 2 is 2.22 bits per heavy atom. The Kier molecular flexibility index (Phi) is 5.58. The van der Waals surface area contributed by atoms with Gasteiger partial charge in [-0.15, -0.1) is 0 Å². The smallest absolute Gasteiger partial charge is 0.292 e. The van der Waals surface area contributed by atoms with E-state index in [0.717, 1.165) is 0 Å². The van der Waals surface area contributed by atoms with E-state index in [1.807, 2.05) is 0 Å². The van der Waals surface area contributed by atoms with E-state index in [1.54, 1.807) is 12.1 Å². The summed E-state index contributed by atoms with van der Waals surface area (Å²) in [6.07, 6.45) is 0.360. The highest BCUT2D eigenvalue weighted by atomic mass is 35.5. The van der Waals surface area contributed by atoms with Crippen LogP contribution in [0.15, 0.2) is 18.2 Å². The highest BCUT2D eigenvalue weighted by molar-refractivity contribution is 6.30. The molecule has 1 fully saturated rings. The van der Waals surface area contributed by atoms with Crippen LogP contribution in [0, 0.1) is 5.82 Å². The molecule has 1 aliphatic rings. The molecule has 98 valence electrons. The van der Waals surface area contributed by atoms with Gasteiger partial charge in [-0.05, 0) is 17.7 Å². The van der Waals surface area contributed by atoms with Crippen LogP contribution in [0.5, 0.6) is 0 Å². The van der Waals surface area contributed by atoms with Gasteiger partial charge in [0, 0.05) is 23.9 Å². The third-order valence-electron chi connectivity index (χ3n) is 2.48. The Hall–Kier alpha value is -1.62. The van der Waals surface area contributed by atoms with Gasteiger partial charge in [-0.25, -0.2) is 4.39 Å². The summed E-state index contributed by atoms with van der Waals surface area (Å²) in [6, 6.07) is 4.56. The van der Waals surface area contributed by atoms with E-state index in [9.17, 15) is 9.18 Å². The summed E-state index contributed by atoms with van der Waals surface area (Å²) in [5.74, 6) is -0.414. The number of hydrogen-bond donors (Lipinski definition) is 1. The molecule has 18 heavy (non-hydrogen) atoms. The van der Waals surface area contributed by atoms with Gasteiger partial charge in [0.25, 0.3) is 6.47 Å². The molecule has 1 aromatic carbocycles. The Morgan fingerprint density at radius 1 is 1.56 bits per heavy atom. The van der Waals surface area contributed by atoms with Crippen LogP contribution >= 0.6 is 11.6 Å². The van der Waals surface area contributed by atoms with Crippen LogP contribution in [-0.2, 0) is 14.3 Å². The normalized spacial score (nSPS) is 17.5. The third-order valence-corrected chi connectivity index (χ3v) is 2.71. The highest BCUT2D eigenvalue weighted by Gasteiger charge is 2.25. The van der Waals surface area contributed by atoms with Crippen molar-refractivity contribution in [1.29, 1.82) is 0 Å². The minimum atomic E-state index is -0.334. The molecule has 0 unspecified atom stereocenters. The molecule has 4 nitrogen and oxygen atoms in total. The van der Waals surface area contributed by atoms with Gasteiger partial charge in [0.15, 0.2) is 0 Å². The number of rotatable bonds is 2. The molecule has 1 N–H and O–H groups in total. The summed E-state index contributed by atoms with van der Waals surface area (Å²) in [5, 5.41) is 3.05. The lowest BCUT2D eigenvalue weighted by Crippen LogP contribution is -2.13. The van der Waals surface area contributed by atoms with Crippen molar-refractivity contribution < 1.29 is 18.7 Å². The standard InChI is InChI=1S/C10H9ClFNO.C2H4O2/c11-7-1-2-8(9(12)4-7)6-3-10(14)13-5-6;1-4-2-3/h1-2,4,6H,3,5H2,(H,13,14);2H,1H3/t6-;/m0./s1. The fourth-order valence-electron chi connectivity index (χ4n) is 1.66. The number of carbonyl (C=O) groups is 2. The van der Waals surface area contributed by atoms with E-state index in [-0.39, 0.29) is 17.6 Å². The number of methoxy groups -OCH3 is 1. The molecule has 1 aliphatic heterocycles. The third kappa shape index (κ3) is 4.00. The van der Waals surface area contributed by atoms with E-state index in [1.165, 1.54) is 13.2 Å². The second-order valence-corrected chi connectivity index (χ2v) is 4.14. The monoisotopic (exact) mass is 273 g/mol. The van der Waals surface area contributed by atoms with E-state index in [4.69, 9.17) is 16.4 Å². The van der Waals surface area contributed by atoms with Gasteiger partial charge in [-0.3, -0.25) is 9.59 Å². The van der Waals surface area contributed by atoms with Gasteiger partial charge >= 0.3 is 0 Å². The van der Waals surface area contributed by atoms with Crippen molar-refractivity contribution in [1.82, 2.24) is 5.32 Å². The Morgan fingerprint density at radius 3 is 2.67 bits per heavy atom. The fraction of sp³-hybridized carbons (Fsp3) is 0.333. The molecule has 0 radical (unpaired) electrons. The van der Waals surface area contributed by atoms with Gasteiger partial charge < -0.3 is 10.1 Å². The van der Waals surface area contributed by atoms with E-state index >= 15 is 0 Å². The minimum Gasteiger partial charge on any atom is -0.471 e. The number of hydrogen-bond acceptors (Lipinski definition) is 3. The highest BCUT2D eigenvalue weighted by Crippen LogP contribution is 2.27. The zero-order chi connectivity index (χ0) is 13.5. The lowest BCUT2D eigenvalue weighted by Gasteiger charge is -2.08. The molecule has 0 aliphatic carbocycles. The van der Waals surface area contributed by atoms with Gasteiger partial charge in [-0.2, -0.15) is 0 Å². The molecule has 1 amide bonds. The summed E-state index contributed by atoms with van der Waals surface area (Å²) in [5.41, 5.74) is 0.563. The summed E-state index contributed by atoms with van der Waals surface area (Å²) in [4.78, 5) is 19.9. The number of amides is 1. The molecule has 1 saturated heterocycles. The lowest BCUT2D eigenvalue weighted by molar-refractivity contribution is -0.126. The van der Waals surface area contributed by atoms with Gasteiger partial charge in [0.1, 0.15) is 5.82 Å². The summed E-state index contributed by atoms with van der Waals surface area (Å²) >= 11 is 5.63. The Bertz CT molecular complexity index is 439. The first-order valence-corrected chi connectivity index (χ1v) is 5.64. The van der Waals surface area contributed by atoms with E-state index in [0.29, 0.717) is 30.0 Å². The molecule has 2 rings (SSSR count). The van der Waals surface area contributed by atoms with Crippen LogP contribution in [0.25, 0.3) is 0 Å². The maximum Gasteiger partial charge on any atom is 0.292 e. The van der Waals surface area contributed by atoms with Crippen LogP contribution < -0.4 is 5.32 Å². The van der Waals surface area contributed by atoms with Crippen molar-refractivity contribution in [3.63, 3.8) is 0 Å². The summed E-state index contributed by atoms with van der Waals surface area (Å²) in [7, 11) is 1.31. The Labute approximate surface area is 109 Å². The fourth-order valence-corrected chi connectivity index (χ4v) is 1.82. The molecular weight excluding hydrogens is 261 g/mol.